The lowest BCUT2D eigenvalue weighted by Gasteiger charge is -2.29. The fourth-order valence-corrected chi connectivity index (χ4v) is 4.89. The summed E-state index contributed by atoms with van der Waals surface area (Å²) in [5.41, 5.74) is 0.324. The van der Waals surface area contributed by atoms with E-state index < -0.39 is 39.4 Å². The van der Waals surface area contributed by atoms with Gasteiger partial charge in [0.2, 0.25) is 0 Å². The Hall–Kier alpha value is -3.11. The highest BCUT2D eigenvalue weighted by molar-refractivity contribution is 7.91. The monoisotopic (exact) mass is 496 g/mol. The lowest BCUT2D eigenvalue weighted by atomic mass is 9.95. The molecular weight excluding hydrogens is 475 g/mol. The lowest BCUT2D eigenvalue weighted by Crippen LogP contribution is -2.47. The van der Waals surface area contributed by atoms with Gasteiger partial charge in [0.15, 0.2) is 9.84 Å². The van der Waals surface area contributed by atoms with Crippen LogP contribution in [-0.4, -0.2) is 39.4 Å². The van der Waals surface area contributed by atoms with E-state index in [1.165, 1.54) is 0 Å². The summed E-state index contributed by atoms with van der Waals surface area (Å²) < 4.78 is 50.0. The second-order valence-corrected chi connectivity index (χ2v) is 9.38. The zero-order valence-corrected chi connectivity index (χ0v) is 19.4. The van der Waals surface area contributed by atoms with Crippen LogP contribution in [0.25, 0.3) is 0 Å². The fourth-order valence-electron chi connectivity index (χ4n) is 3.30. The average Bonchev–Trinajstić information content (AvgIpc) is 2.75. The van der Waals surface area contributed by atoms with E-state index >= 15 is 0 Å². The van der Waals surface area contributed by atoms with E-state index in [0.29, 0.717) is 17.9 Å². The summed E-state index contributed by atoms with van der Waals surface area (Å²) in [6, 6.07) is 7.98. The van der Waals surface area contributed by atoms with Crippen LogP contribution in [0.3, 0.4) is 0 Å². The van der Waals surface area contributed by atoms with Crippen molar-refractivity contribution in [1.29, 1.82) is 0 Å². The van der Waals surface area contributed by atoms with Crippen LogP contribution in [0.1, 0.15) is 25.5 Å². The van der Waals surface area contributed by atoms with E-state index in [9.17, 15) is 22.4 Å². The van der Waals surface area contributed by atoms with E-state index in [-0.39, 0.29) is 27.8 Å². The maximum Gasteiger partial charge on any atom is 0.338 e. The van der Waals surface area contributed by atoms with Gasteiger partial charge in [0, 0.05) is 5.70 Å². The number of hydrogen-bond donors (Lipinski definition) is 2. The molecule has 11 heteroatoms. The summed E-state index contributed by atoms with van der Waals surface area (Å²) in [6.45, 7) is 3.95. The minimum atomic E-state index is -4.10. The fraction of sp³-hybridized carbons (Fsp3) is 0.273. The number of hydrogen-bond acceptors (Lipinski definition) is 6. The molecule has 0 saturated heterocycles. The first-order chi connectivity index (χ1) is 15.7. The lowest BCUT2D eigenvalue weighted by molar-refractivity contribution is -0.139. The highest BCUT2D eigenvalue weighted by atomic mass is 35.5. The van der Waals surface area contributed by atoms with E-state index in [2.05, 4.69) is 10.6 Å². The van der Waals surface area contributed by atoms with Crippen molar-refractivity contribution in [3.63, 3.8) is 0 Å². The van der Waals surface area contributed by atoms with Crippen molar-refractivity contribution < 1.29 is 31.9 Å². The Morgan fingerprint density at radius 2 is 1.82 bits per heavy atom. The third-order valence-electron chi connectivity index (χ3n) is 4.76. The van der Waals surface area contributed by atoms with Crippen molar-refractivity contribution in [1.82, 2.24) is 10.6 Å². The number of esters is 1. The van der Waals surface area contributed by atoms with Crippen molar-refractivity contribution in [3.8, 4) is 5.75 Å². The van der Waals surface area contributed by atoms with Gasteiger partial charge in [-0.25, -0.2) is 22.4 Å². The Morgan fingerprint density at radius 1 is 1.12 bits per heavy atom. The number of rotatable bonds is 8. The highest BCUT2D eigenvalue weighted by Gasteiger charge is 2.35. The molecule has 0 radical (unpaired) electrons. The first-order valence-corrected chi connectivity index (χ1v) is 12.1. The zero-order chi connectivity index (χ0) is 24.2. The number of nitrogens with one attached hydrogen (secondary N) is 2. The number of carbonyl (C=O) groups excluding carboxylic acids is 2. The molecular formula is C22H22ClFN2O6S. The Bertz CT molecular complexity index is 1200. The van der Waals surface area contributed by atoms with Crippen molar-refractivity contribution in [3.05, 3.63) is 70.1 Å². The quantitative estimate of drug-likeness (QED) is 0.427. The van der Waals surface area contributed by atoms with E-state index in [0.717, 1.165) is 18.2 Å². The number of halogens is 2. The second-order valence-electron chi connectivity index (χ2n) is 6.98. The summed E-state index contributed by atoms with van der Waals surface area (Å²) in [5, 5.41) is 4.67. The van der Waals surface area contributed by atoms with Crippen LogP contribution < -0.4 is 15.4 Å². The maximum absolute atomic E-state index is 13.5. The topological polar surface area (TPSA) is 111 Å². The van der Waals surface area contributed by atoms with Gasteiger partial charge in [-0.1, -0.05) is 23.7 Å². The molecule has 8 nitrogen and oxygen atoms in total. The molecule has 0 aromatic heterocycles. The van der Waals surface area contributed by atoms with Crippen LogP contribution in [-0.2, 0) is 19.4 Å². The normalized spacial score (nSPS) is 16.1. The maximum atomic E-state index is 13.5. The van der Waals surface area contributed by atoms with E-state index in [1.54, 1.807) is 31.2 Å². The molecule has 3 rings (SSSR count). The van der Waals surface area contributed by atoms with E-state index in [1.807, 2.05) is 6.92 Å². The minimum absolute atomic E-state index is 0.0415. The van der Waals surface area contributed by atoms with Crippen LogP contribution in [0.15, 0.2) is 58.6 Å². The predicted octanol–water partition coefficient (Wildman–Crippen LogP) is 3.52. The molecule has 1 aliphatic rings. The Morgan fingerprint density at radius 3 is 2.42 bits per heavy atom. The van der Waals surface area contributed by atoms with Gasteiger partial charge in [-0.2, -0.15) is 0 Å². The first kappa shape index (κ1) is 24.5. The minimum Gasteiger partial charge on any atom is -0.494 e. The molecule has 0 spiro atoms. The van der Waals surface area contributed by atoms with Crippen molar-refractivity contribution in [2.75, 3.05) is 19.0 Å². The van der Waals surface area contributed by atoms with Gasteiger partial charge in [-0.05, 0) is 49.7 Å². The molecule has 0 fully saturated rings. The van der Waals surface area contributed by atoms with Crippen LogP contribution in [0.2, 0.25) is 5.02 Å². The van der Waals surface area contributed by atoms with Crippen molar-refractivity contribution in [2.45, 2.75) is 24.8 Å². The summed E-state index contributed by atoms with van der Waals surface area (Å²) in [6.07, 6.45) is 0. The molecule has 2 N–H and O–H groups in total. The molecule has 2 aromatic carbocycles. The number of sulfone groups is 1. The Kier molecular flexibility index (Phi) is 7.60. The molecule has 2 amide bonds. The molecule has 1 atom stereocenters. The van der Waals surface area contributed by atoms with Gasteiger partial charge >= 0.3 is 12.0 Å². The largest absolute Gasteiger partial charge is 0.494 e. The predicted molar refractivity (Wildman–Crippen MR) is 119 cm³/mol. The second kappa shape index (κ2) is 10.2. The molecule has 1 unspecified atom stereocenters. The highest BCUT2D eigenvalue weighted by Crippen LogP contribution is 2.31. The molecule has 0 saturated carbocycles. The number of benzene rings is 2. The van der Waals surface area contributed by atoms with Crippen LogP contribution in [0.5, 0.6) is 5.75 Å². The zero-order valence-electron chi connectivity index (χ0n) is 17.9. The van der Waals surface area contributed by atoms with Gasteiger partial charge in [0.05, 0.1) is 40.5 Å². The summed E-state index contributed by atoms with van der Waals surface area (Å²) in [5.74, 6) is -1.69. The smallest absolute Gasteiger partial charge is 0.338 e. The van der Waals surface area contributed by atoms with Gasteiger partial charge in [-0.3, -0.25) is 0 Å². The third kappa shape index (κ3) is 5.63. The number of carbonyl (C=O) groups is 2. The molecule has 1 aliphatic heterocycles. The van der Waals surface area contributed by atoms with Gasteiger partial charge in [-0.15, -0.1) is 0 Å². The molecule has 33 heavy (non-hydrogen) atoms. The summed E-state index contributed by atoms with van der Waals surface area (Å²) in [4.78, 5) is 24.9. The van der Waals surface area contributed by atoms with E-state index in [4.69, 9.17) is 21.1 Å². The molecule has 0 bridgehead atoms. The Balaban J connectivity index is 2.07. The molecule has 2 aromatic rings. The van der Waals surface area contributed by atoms with Crippen molar-refractivity contribution >= 4 is 33.4 Å². The molecule has 0 aliphatic carbocycles. The summed E-state index contributed by atoms with van der Waals surface area (Å²) >= 11 is 5.73. The summed E-state index contributed by atoms with van der Waals surface area (Å²) in [7, 11) is -4.10. The SMILES string of the molecule is CCOC(=O)C1=C(CS(=O)(=O)c2ccc(F)c(Cl)c2)NC(=O)NC1c1ccc(OCC)cc1. The molecule has 176 valence electrons. The number of ether oxygens (including phenoxy) is 2. The average molecular weight is 497 g/mol. The number of amides is 2. The van der Waals surface area contributed by atoms with Gasteiger partial charge in [0.25, 0.3) is 0 Å². The molecule has 1 heterocycles. The van der Waals surface area contributed by atoms with Crippen LogP contribution >= 0.6 is 11.6 Å². The third-order valence-corrected chi connectivity index (χ3v) is 6.69. The standard InChI is InChI=1S/C22H22ClFN2O6S/c1-3-31-14-7-5-13(6-8-14)20-19(21(27)32-4-2)18(25-22(28)26-20)12-33(29,30)15-9-10-17(24)16(23)11-15/h5-11,20H,3-4,12H2,1-2H3,(H2,25,26,28). The van der Waals surface area contributed by atoms with Crippen molar-refractivity contribution in [2.24, 2.45) is 0 Å². The first-order valence-electron chi connectivity index (χ1n) is 10.0. The number of urea groups is 1. The van der Waals surface area contributed by atoms with Gasteiger partial charge in [0.1, 0.15) is 11.6 Å². The van der Waals surface area contributed by atoms with Crippen LogP contribution in [0.4, 0.5) is 9.18 Å². The van der Waals surface area contributed by atoms with Gasteiger partial charge < -0.3 is 20.1 Å². The van der Waals surface area contributed by atoms with Crippen LogP contribution in [0, 0.1) is 5.82 Å². The Labute approximate surface area is 195 Å².